The maximum absolute atomic E-state index is 10.8. The van der Waals surface area contributed by atoms with E-state index in [0.29, 0.717) is 12.8 Å². The van der Waals surface area contributed by atoms with Crippen molar-refractivity contribution in [3.05, 3.63) is 36.5 Å². The number of ketones is 1. The molecule has 0 amide bonds. The average Bonchev–Trinajstić information content (AvgIpc) is 2.27. The SMILES string of the molecule is O=C1CC(Oc2cnc3ccccc3c2)C1. The Labute approximate surface area is 93.1 Å². The van der Waals surface area contributed by atoms with Gasteiger partial charge in [0.05, 0.1) is 11.7 Å². The maximum atomic E-state index is 10.8. The summed E-state index contributed by atoms with van der Waals surface area (Å²) in [4.78, 5) is 15.1. The largest absolute Gasteiger partial charge is 0.488 e. The van der Waals surface area contributed by atoms with Crippen LogP contribution in [0, 0.1) is 0 Å². The van der Waals surface area contributed by atoms with E-state index in [1.54, 1.807) is 6.20 Å². The number of hydrogen-bond acceptors (Lipinski definition) is 3. The number of ether oxygens (including phenoxy) is 1. The lowest BCUT2D eigenvalue weighted by atomic mass is 9.94. The zero-order chi connectivity index (χ0) is 11.0. The third-order valence-electron chi connectivity index (χ3n) is 2.78. The summed E-state index contributed by atoms with van der Waals surface area (Å²) in [5.41, 5.74) is 0.958. The first-order chi connectivity index (χ1) is 7.81. The molecule has 3 rings (SSSR count). The second-order valence-electron chi connectivity index (χ2n) is 4.05. The van der Waals surface area contributed by atoms with Gasteiger partial charge in [-0.1, -0.05) is 18.2 Å². The van der Waals surface area contributed by atoms with Gasteiger partial charge < -0.3 is 4.74 Å². The van der Waals surface area contributed by atoms with Crippen molar-refractivity contribution in [2.24, 2.45) is 0 Å². The lowest BCUT2D eigenvalue weighted by Crippen LogP contribution is -2.33. The Morgan fingerprint density at radius 1 is 1.25 bits per heavy atom. The number of rotatable bonds is 2. The molecule has 0 bridgehead atoms. The van der Waals surface area contributed by atoms with Gasteiger partial charge in [-0.25, -0.2) is 0 Å². The Morgan fingerprint density at radius 3 is 2.88 bits per heavy atom. The smallest absolute Gasteiger partial charge is 0.140 e. The molecule has 0 unspecified atom stereocenters. The monoisotopic (exact) mass is 213 g/mol. The van der Waals surface area contributed by atoms with Crippen LogP contribution in [0.2, 0.25) is 0 Å². The first kappa shape index (κ1) is 9.33. The zero-order valence-electron chi connectivity index (χ0n) is 8.72. The number of hydrogen-bond donors (Lipinski definition) is 0. The van der Waals surface area contributed by atoms with Crippen molar-refractivity contribution in [3.63, 3.8) is 0 Å². The molecule has 1 heterocycles. The van der Waals surface area contributed by atoms with E-state index in [2.05, 4.69) is 4.98 Å². The second kappa shape index (κ2) is 3.59. The summed E-state index contributed by atoms with van der Waals surface area (Å²) in [5, 5.41) is 1.06. The van der Waals surface area contributed by atoms with Crippen LogP contribution < -0.4 is 4.74 Å². The lowest BCUT2D eigenvalue weighted by Gasteiger charge is -2.24. The van der Waals surface area contributed by atoms with Crippen molar-refractivity contribution in [1.29, 1.82) is 0 Å². The van der Waals surface area contributed by atoms with E-state index >= 15 is 0 Å². The first-order valence-corrected chi connectivity index (χ1v) is 5.34. The van der Waals surface area contributed by atoms with Crippen LogP contribution in [0.4, 0.5) is 0 Å². The number of carbonyl (C=O) groups excluding carboxylic acids is 1. The molecule has 1 aromatic carbocycles. The van der Waals surface area contributed by atoms with Crippen LogP contribution >= 0.6 is 0 Å². The minimum atomic E-state index is 0.0514. The Hall–Kier alpha value is -1.90. The van der Waals surface area contributed by atoms with Gasteiger partial charge in [0.15, 0.2) is 0 Å². The molecule has 0 spiro atoms. The normalized spacial score (nSPS) is 16.1. The maximum Gasteiger partial charge on any atom is 0.140 e. The molecule has 1 aliphatic carbocycles. The highest BCUT2D eigenvalue weighted by Gasteiger charge is 2.28. The molecule has 1 fully saturated rings. The molecule has 3 heteroatoms. The van der Waals surface area contributed by atoms with Gasteiger partial charge >= 0.3 is 0 Å². The molecule has 1 saturated carbocycles. The van der Waals surface area contributed by atoms with Gasteiger partial charge in [-0.05, 0) is 12.1 Å². The number of nitrogens with zero attached hydrogens (tertiary/aromatic N) is 1. The predicted molar refractivity (Wildman–Crippen MR) is 60.4 cm³/mol. The van der Waals surface area contributed by atoms with Crippen LogP contribution in [0.3, 0.4) is 0 Å². The van der Waals surface area contributed by atoms with Gasteiger partial charge in [0, 0.05) is 18.2 Å². The van der Waals surface area contributed by atoms with Gasteiger partial charge in [0.25, 0.3) is 0 Å². The second-order valence-corrected chi connectivity index (χ2v) is 4.05. The molecule has 2 aromatic rings. The van der Waals surface area contributed by atoms with Crippen molar-refractivity contribution in [1.82, 2.24) is 4.98 Å². The first-order valence-electron chi connectivity index (χ1n) is 5.34. The highest BCUT2D eigenvalue weighted by atomic mass is 16.5. The van der Waals surface area contributed by atoms with Crippen LogP contribution in [0.5, 0.6) is 5.75 Å². The molecule has 80 valence electrons. The van der Waals surface area contributed by atoms with Crippen molar-refractivity contribution in [3.8, 4) is 5.75 Å². The van der Waals surface area contributed by atoms with Crippen molar-refractivity contribution in [2.45, 2.75) is 18.9 Å². The van der Waals surface area contributed by atoms with E-state index < -0.39 is 0 Å². The number of carbonyl (C=O) groups is 1. The molecule has 1 aliphatic rings. The number of benzene rings is 1. The summed E-state index contributed by atoms with van der Waals surface area (Å²) in [6.07, 6.45) is 2.83. The van der Waals surface area contributed by atoms with Crippen LogP contribution in [-0.2, 0) is 4.79 Å². The Bertz CT molecular complexity index is 542. The third-order valence-corrected chi connectivity index (χ3v) is 2.78. The Kier molecular flexibility index (Phi) is 2.10. The summed E-state index contributed by atoms with van der Waals surface area (Å²) in [7, 11) is 0. The van der Waals surface area contributed by atoms with Gasteiger partial charge in [-0.2, -0.15) is 0 Å². The van der Waals surface area contributed by atoms with Gasteiger partial charge in [-0.15, -0.1) is 0 Å². The molecular weight excluding hydrogens is 202 g/mol. The Morgan fingerprint density at radius 2 is 2.06 bits per heavy atom. The summed E-state index contributed by atoms with van der Waals surface area (Å²) >= 11 is 0. The van der Waals surface area contributed by atoms with E-state index in [1.807, 2.05) is 30.3 Å². The summed E-state index contributed by atoms with van der Waals surface area (Å²) in [5.74, 6) is 1.02. The molecule has 16 heavy (non-hydrogen) atoms. The summed E-state index contributed by atoms with van der Waals surface area (Å²) in [6, 6.07) is 9.86. The molecule has 0 aliphatic heterocycles. The van der Waals surface area contributed by atoms with Crippen LogP contribution in [0.25, 0.3) is 10.9 Å². The number of pyridine rings is 1. The van der Waals surface area contributed by atoms with E-state index in [-0.39, 0.29) is 11.9 Å². The van der Waals surface area contributed by atoms with E-state index in [0.717, 1.165) is 16.7 Å². The average molecular weight is 213 g/mol. The number of Topliss-reactive ketones (excluding diaryl/α,β-unsaturated/α-hetero) is 1. The minimum absolute atomic E-state index is 0.0514. The predicted octanol–water partition coefficient (Wildman–Crippen LogP) is 2.35. The molecule has 0 radical (unpaired) electrons. The highest BCUT2D eigenvalue weighted by Crippen LogP contribution is 2.24. The van der Waals surface area contributed by atoms with Crippen molar-refractivity contribution in [2.75, 3.05) is 0 Å². The zero-order valence-corrected chi connectivity index (χ0v) is 8.72. The fourth-order valence-electron chi connectivity index (χ4n) is 1.84. The molecule has 1 aromatic heterocycles. The Balaban J connectivity index is 1.85. The van der Waals surface area contributed by atoms with Gasteiger partial charge in [-0.3, -0.25) is 9.78 Å². The van der Waals surface area contributed by atoms with E-state index in [1.165, 1.54) is 0 Å². The van der Waals surface area contributed by atoms with Gasteiger partial charge in [0.2, 0.25) is 0 Å². The van der Waals surface area contributed by atoms with Crippen LogP contribution in [0.1, 0.15) is 12.8 Å². The molecule has 0 atom stereocenters. The fraction of sp³-hybridized carbons (Fsp3) is 0.231. The van der Waals surface area contributed by atoms with Crippen molar-refractivity contribution < 1.29 is 9.53 Å². The van der Waals surface area contributed by atoms with E-state index in [9.17, 15) is 4.79 Å². The van der Waals surface area contributed by atoms with E-state index in [4.69, 9.17) is 4.74 Å². The molecule has 0 N–H and O–H groups in total. The standard InChI is InChI=1S/C13H11NO2/c15-10-6-11(7-10)16-12-5-9-3-1-2-4-13(9)14-8-12/h1-5,8,11H,6-7H2. The fourth-order valence-corrected chi connectivity index (χ4v) is 1.84. The molecular formula is C13H11NO2. The molecule has 3 nitrogen and oxygen atoms in total. The number of fused-ring (bicyclic) bond motifs is 1. The van der Waals surface area contributed by atoms with Crippen LogP contribution in [-0.4, -0.2) is 16.9 Å². The summed E-state index contributed by atoms with van der Waals surface area (Å²) in [6.45, 7) is 0. The minimum Gasteiger partial charge on any atom is -0.488 e. The highest BCUT2D eigenvalue weighted by molar-refractivity contribution is 5.85. The molecule has 0 saturated heterocycles. The summed E-state index contributed by atoms with van der Waals surface area (Å²) < 4.78 is 5.65. The van der Waals surface area contributed by atoms with Crippen LogP contribution in [0.15, 0.2) is 36.5 Å². The number of aromatic nitrogens is 1. The quantitative estimate of drug-likeness (QED) is 0.768. The van der Waals surface area contributed by atoms with Crippen molar-refractivity contribution >= 4 is 16.7 Å². The number of para-hydroxylation sites is 1. The third kappa shape index (κ3) is 1.65. The van der Waals surface area contributed by atoms with Gasteiger partial charge in [0.1, 0.15) is 17.6 Å². The topological polar surface area (TPSA) is 39.2 Å². The lowest BCUT2D eigenvalue weighted by molar-refractivity contribution is -0.129.